The Bertz CT molecular complexity index is 1090. The highest BCUT2D eigenvalue weighted by Gasteiger charge is 2.29. The van der Waals surface area contributed by atoms with Gasteiger partial charge in [0.15, 0.2) is 5.76 Å². The smallest absolute Gasteiger partial charge is 0.259 e. The molecule has 1 saturated carbocycles. The van der Waals surface area contributed by atoms with Crippen molar-refractivity contribution in [2.24, 2.45) is 5.92 Å². The molecule has 0 unspecified atom stereocenters. The molecule has 0 spiro atoms. The second-order valence-corrected chi connectivity index (χ2v) is 8.51. The lowest BCUT2D eigenvalue weighted by Gasteiger charge is -2.35. The second-order valence-electron chi connectivity index (χ2n) is 8.51. The van der Waals surface area contributed by atoms with Crippen LogP contribution in [0.1, 0.15) is 48.2 Å². The van der Waals surface area contributed by atoms with Crippen LogP contribution >= 0.6 is 0 Å². The van der Waals surface area contributed by atoms with Crippen molar-refractivity contribution in [3.05, 3.63) is 35.7 Å². The van der Waals surface area contributed by atoms with E-state index in [-0.39, 0.29) is 11.8 Å². The number of piperazine rings is 1. The number of hydrogen-bond acceptors (Lipinski definition) is 6. The molecule has 2 aliphatic rings. The third-order valence-electron chi connectivity index (χ3n) is 6.48. The number of fused-ring (bicyclic) bond motifs is 1. The van der Waals surface area contributed by atoms with Crippen LogP contribution < -0.4 is 0 Å². The Kier molecular flexibility index (Phi) is 5.21. The fourth-order valence-corrected chi connectivity index (χ4v) is 4.73. The number of rotatable bonds is 4. The molecule has 3 aromatic rings. The maximum absolute atomic E-state index is 13.4. The van der Waals surface area contributed by atoms with E-state index >= 15 is 0 Å². The Morgan fingerprint density at radius 1 is 1.13 bits per heavy atom. The minimum absolute atomic E-state index is 0.102. The highest BCUT2D eigenvalue weighted by Crippen LogP contribution is 2.30. The van der Waals surface area contributed by atoms with Crippen molar-refractivity contribution in [3.8, 4) is 11.5 Å². The van der Waals surface area contributed by atoms with Crippen molar-refractivity contribution in [2.75, 3.05) is 26.2 Å². The molecule has 1 aliphatic carbocycles. The van der Waals surface area contributed by atoms with Crippen molar-refractivity contribution >= 4 is 22.9 Å². The largest absolute Gasteiger partial charge is 0.463 e. The molecule has 1 saturated heterocycles. The summed E-state index contributed by atoms with van der Waals surface area (Å²) in [6, 6.07) is 5.31. The van der Waals surface area contributed by atoms with Gasteiger partial charge in [-0.3, -0.25) is 9.59 Å². The maximum Gasteiger partial charge on any atom is 0.259 e. The number of carbonyl (C=O) groups excluding carboxylic acids is 2. The van der Waals surface area contributed by atoms with Gasteiger partial charge in [-0.15, -0.1) is 0 Å². The van der Waals surface area contributed by atoms with E-state index in [0.29, 0.717) is 72.3 Å². The van der Waals surface area contributed by atoms with Crippen LogP contribution in [0, 0.1) is 12.8 Å². The van der Waals surface area contributed by atoms with E-state index in [1.165, 1.54) is 25.7 Å². The highest BCUT2D eigenvalue weighted by atomic mass is 16.5. The molecular formula is C23H26N4O4. The van der Waals surface area contributed by atoms with Crippen LogP contribution in [0.5, 0.6) is 0 Å². The lowest BCUT2D eigenvalue weighted by Crippen LogP contribution is -2.50. The summed E-state index contributed by atoms with van der Waals surface area (Å²) < 4.78 is 10.8. The van der Waals surface area contributed by atoms with Crippen molar-refractivity contribution in [1.82, 2.24) is 19.9 Å². The summed E-state index contributed by atoms with van der Waals surface area (Å²) >= 11 is 0. The maximum atomic E-state index is 13.4. The summed E-state index contributed by atoms with van der Waals surface area (Å²) in [5, 5.41) is 4.62. The van der Waals surface area contributed by atoms with Crippen molar-refractivity contribution in [2.45, 2.75) is 39.0 Å². The van der Waals surface area contributed by atoms with Gasteiger partial charge in [-0.1, -0.05) is 18.0 Å². The molecule has 8 heteroatoms. The first-order chi connectivity index (χ1) is 15.1. The number of aryl methyl sites for hydroxylation is 1. The summed E-state index contributed by atoms with van der Waals surface area (Å²) in [5.74, 6) is 1.22. The van der Waals surface area contributed by atoms with Crippen molar-refractivity contribution in [1.29, 1.82) is 0 Å². The Balaban J connectivity index is 1.33. The van der Waals surface area contributed by atoms with Crippen LogP contribution in [0.2, 0.25) is 0 Å². The van der Waals surface area contributed by atoms with Gasteiger partial charge in [-0.05, 0) is 43.9 Å². The van der Waals surface area contributed by atoms with Gasteiger partial charge in [0.1, 0.15) is 5.69 Å². The molecular weight excluding hydrogens is 396 g/mol. The van der Waals surface area contributed by atoms with Crippen molar-refractivity contribution < 1.29 is 18.5 Å². The van der Waals surface area contributed by atoms with Gasteiger partial charge in [0.05, 0.1) is 22.9 Å². The van der Waals surface area contributed by atoms with Gasteiger partial charge in [0.25, 0.3) is 11.6 Å². The molecule has 31 heavy (non-hydrogen) atoms. The first-order valence-corrected chi connectivity index (χ1v) is 11.0. The standard InChI is InChI=1S/C23H26N4O4/c1-15-21-17(14-18(19-7-4-12-30-19)24-22(21)31-25-15)23(29)27-10-8-26(9-11-27)20(28)13-16-5-2-3-6-16/h4,7,12,14,16H,2-3,5-6,8-11,13H2,1H3. The number of aromatic nitrogens is 2. The Morgan fingerprint density at radius 2 is 1.87 bits per heavy atom. The molecule has 5 rings (SSSR count). The van der Waals surface area contributed by atoms with Gasteiger partial charge in [0, 0.05) is 32.6 Å². The highest BCUT2D eigenvalue weighted by molar-refractivity contribution is 6.07. The zero-order valence-corrected chi connectivity index (χ0v) is 17.7. The molecule has 0 N–H and O–H groups in total. The van der Waals surface area contributed by atoms with Crippen molar-refractivity contribution in [3.63, 3.8) is 0 Å². The Labute approximate surface area is 180 Å². The Hall–Kier alpha value is -3.16. The van der Waals surface area contributed by atoms with Crippen LogP contribution in [-0.2, 0) is 4.79 Å². The van der Waals surface area contributed by atoms with Crippen LogP contribution in [0.15, 0.2) is 33.4 Å². The van der Waals surface area contributed by atoms with Gasteiger partial charge in [0.2, 0.25) is 5.91 Å². The van der Waals surface area contributed by atoms with E-state index in [1.807, 2.05) is 4.90 Å². The number of nitrogens with zero attached hydrogens (tertiary/aromatic N) is 4. The minimum Gasteiger partial charge on any atom is -0.463 e. The molecule has 0 bridgehead atoms. The number of carbonyl (C=O) groups is 2. The number of pyridine rings is 1. The third kappa shape index (κ3) is 3.82. The lowest BCUT2D eigenvalue weighted by molar-refractivity contribution is -0.133. The second kappa shape index (κ2) is 8.17. The zero-order chi connectivity index (χ0) is 21.4. The van der Waals surface area contributed by atoms with Gasteiger partial charge in [-0.25, -0.2) is 4.98 Å². The van der Waals surface area contributed by atoms with E-state index in [2.05, 4.69) is 10.1 Å². The topological polar surface area (TPSA) is 92.7 Å². The molecule has 4 heterocycles. The van der Waals surface area contributed by atoms with Gasteiger partial charge < -0.3 is 18.7 Å². The van der Waals surface area contributed by atoms with Gasteiger partial charge in [-0.2, -0.15) is 0 Å². The predicted molar refractivity (Wildman–Crippen MR) is 113 cm³/mol. The monoisotopic (exact) mass is 422 g/mol. The zero-order valence-electron chi connectivity index (χ0n) is 17.7. The van der Waals surface area contributed by atoms with Crippen LogP contribution in [0.25, 0.3) is 22.6 Å². The fourth-order valence-electron chi connectivity index (χ4n) is 4.73. The molecule has 1 aliphatic heterocycles. The molecule has 0 atom stereocenters. The fraction of sp³-hybridized carbons (Fsp3) is 0.478. The average Bonchev–Trinajstić information content (AvgIpc) is 3.56. The summed E-state index contributed by atoms with van der Waals surface area (Å²) in [7, 11) is 0. The van der Waals surface area contributed by atoms with Gasteiger partial charge >= 0.3 is 0 Å². The quantitative estimate of drug-likeness (QED) is 0.637. The number of amides is 2. The van der Waals surface area contributed by atoms with Crippen LogP contribution in [0.3, 0.4) is 0 Å². The SMILES string of the molecule is Cc1noc2nc(-c3ccco3)cc(C(=O)N3CCN(C(=O)CC4CCCC4)CC3)c12. The molecule has 0 radical (unpaired) electrons. The van der Waals surface area contributed by atoms with E-state index in [9.17, 15) is 9.59 Å². The molecule has 8 nitrogen and oxygen atoms in total. The summed E-state index contributed by atoms with van der Waals surface area (Å²) in [6.07, 6.45) is 7.02. The number of furan rings is 1. The average molecular weight is 422 g/mol. The summed E-state index contributed by atoms with van der Waals surface area (Å²) in [5.41, 5.74) is 1.98. The molecule has 162 valence electrons. The first kappa shape index (κ1) is 19.8. The number of hydrogen-bond donors (Lipinski definition) is 0. The predicted octanol–water partition coefficient (Wildman–Crippen LogP) is 3.66. The molecule has 2 fully saturated rings. The molecule has 0 aromatic carbocycles. The van der Waals surface area contributed by atoms with E-state index in [1.54, 1.807) is 36.3 Å². The molecule has 2 amide bonds. The van der Waals surface area contributed by atoms with Crippen LogP contribution in [-0.4, -0.2) is 57.9 Å². The molecule has 3 aromatic heterocycles. The minimum atomic E-state index is -0.102. The summed E-state index contributed by atoms with van der Waals surface area (Å²) in [6.45, 7) is 3.97. The third-order valence-corrected chi connectivity index (χ3v) is 6.48. The van der Waals surface area contributed by atoms with E-state index in [4.69, 9.17) is 8.94 Å². The Morgan fingerprint density at radius 3 is 2.58 bits per heavy atom. The van der Waals surface area contributed by atoms with E-state index < -0.39 is 0 Å². The normalized spacial score (nSPS) is 17.6. The lowest BCUT2D eigenvalue weighted by atomic mass is 10.0. The summed E-state index contributed by atoms with van der Waals surface area (Å²) in [4.78, 5) is 34.2. The van der Waals surface area contributed by atoms with Crippen LogP contribution in [0.4, 0.5) is 0 Å². The first-order valence-electron chi connectivity index (χ1n) is 11.0. The van der Waals surface area contributed by atoms with E-state index in [0.717, 1.165) is 0 Å².